The van der Waals surface area contributed by atoms with Crippen molar-refractivity contribution in [3.8, 4) is 0 Å². The lowest BCUT2D eigenvalue weighted by atomic mass is 9.94. The van der Waals surface area contributed by atoms with Crippen molar-refractivity contribution in [1.29, 1.82) is 0 Å². The fourth-order valence-electron chi connectivity index (χ4n) is 4.16. The topological polar surface area (TPSA) is 76.5 Å². The number of ether oxygens (including phenoxy) is 1. The molecule has 2 aromatic rings. The van der Waals surface area contributed by atoms with Crippen LogP contribution in [0.4, 0.5) is 23.2 Å². The number of rotatable bonds is 5. The van der Waals surface area contributed by atoms with Crippen molar-refractivity contribution in [2.45, 2.75) is 36.2 Å². The number of nitrogens with one attached hydrogen (secondary N) is 1. The minimum atomic E-state index is -4.83. The maximum atomic E-state index is 13.6. The summed E-state index contributed by atoms with van der Waals surface area (Å²) in [5, 5.41) is 2.89. The van der Waals surface area contributed by atoms with Gasteiger partial charge in [-0.25, -0.2) is 17.8 Å². The zero-order chi connectivity index (χ0) is 22.4. The van der Waals surface area contributed by atoms with Gasteiger partial charge in [0, 0.05) is 50.6 Å². The first kappa shape index (κ1) is 22.0. The highest BCUT2D eigenvalue weighted by atomic mass is 32.2. The molecule has 1 unspecified atom stereocenters. The predicted molar refractivity (Wildman–Crippen MR) is 103 cm³/mol. The second kappa shape index (κ2) is 8.06. The molecule has 2 aliphatic rings. The van der Waals surface area contributed by atoms with Crippen LogP contribution in [0.3, 0.4) is 0 Å². The predicted octanol–water partition coefficient (Wildman–Crippen LogP) is 2.86. The van der Waals surface area contributed by atoms with Crippen LogP contribution in [-0.2, 0) is 28.0 Å². The normalized spacial score (nSPS) is 25.3. The van der Waals surface area contributed by atoms with Gasteiger partial charge in [0.2, 0.25) is 0 Å². The van der Waals surface area contributed by atoms with Gasteiger partial charge in [-0.3, -0.25) is 0 Å². The van der Waals surface area contributed by atoms with E-state index in [1.807, 2.05) is 0 Å². The zero-order valence-electron chi connectivity index (χ0n) is 16.6. The Kier molecular flexibility index (Phi) is 5.73. The highest BCUT2D eigenvalue weighted by molar-refractivity contribution is 7.89. The standard InChI is InChI=1S/C19H22F4N4O3S/c1-26-10-18(24-11-26)31(28,29)27-8-13(17-3-2-6-30-17)16(9-27)25-12-4-5-15(20)14(7-12)19(21,22)23/h4-5,7,10-11,13,16-17,25H,2-3,6,8-9H2,1H3/t13-,16-,17?/m0/s1. The number of hydrogen-bond donors (Lipinski definition) is 1. The number of aromatic nitrogens is 2. The molecule has 7 nitrogen and oxygen atoms in total. The number of benzene rings is 1. The molecular weight excluding hydrogens is 440 g/mol. The van der Waals surface area contributed by atoms with Crippen LogP contribution in [0.25, 0.3) is 0 Å². The second-order valence-electron chi connectivity index (χ2n) is 7.86. The minimum absolute atomic E-state index is 0.0299. The number of sulfonamides is 1. The number of halogens is 4. The van der Waals surface area contributed by atoms with E-state index < -0.39 is 33.6 Å². The zero-order valence-corrected chi connectivity index (χ0v) is 17.5. The van der Waals surface area contributed by atoms with Gasteiger partial charge in [0.15, 0.2) is 5.03 Å². The molecule has 1 N–H and O–H groups in total. The smallest absolute Gasteiger partial charge is 0.381 e. The fraction of sp³-hybridized carbons (Fsp3) is 0.526. The van der Waals surface area contributed by atoms with Crippen LogP contribution >= 0.6 is 0 Å². The van der Waals surface area contributed by atoms with Crippen LogP contribution in [0.1, 0.15) is 18.4 Å². The van der Waals surface area contributed by atoms with Gasteiger partial charge in [-0.2, -0.15) is 17.5 Å². The lowest BCUT2D eigenvalue weighted by Crippen LogP contribution is -2.35. The van der Waals surface area contributed by atoms with Gasteiger partial charge in [0.1, 0.15) is 5.82 Å². The number of alkyl halides is 3. The van der Waals surface area contributed by atoms with Crippen molar-refractivity contribution in [2.24, 2.45) is 13.0 Å². The quantitative estimate of drug-likeness (QED) is 0.692. The van der Waals surface area contributed by atoms with Crippen molar-refractivity contribution in [1.82, 2.24) is 13.9 Å². The Morgan fingerprint density at radius 2 is 2.03 bits per heavy atom. The molecule has 1 aromatic carbocycles. The van der Waals surface area contributed by atoms with E-state index in [1.54, 1.807) is 7.05 Å². The van der Waals surface area contributed by atoms with Gasteiger partial charge < -0.3 is 14.6 Å². The monoisotopic (exact) mass is 462 g/mol. The van der Waals surface area contributed by atoms with E-state index in [-0.39, 0.29) is 35.8 Å². The van der Waals surface area contributed by atoms with E-state index in [0.717, 1.165) is 18.9 Å². The second-order valence-corrected chi connectivity index (χ2v) is 9.74. The van der Waals surface area contributed by atoms with Crippen molar-refractivity contribution >= 4 is 15.7 Å². The maximum Gasteiger partial charge on any atom is 0.419 e. The number of hydrogen-bond acceptors (Lipinski definition) is 5. The van der Waals surface area contributed by atoms with Gasteiger partial charge in [0.25, 0.3) is 10.0 Å². The summed E-state index contributed by atoms with van der Waals surface area (Å²) in [5.74, 6) is -1.64. The van der Waals surface area contributed by atoms with Crippen molar-refractivity contribution < 1.29 is 30.7 Å². The highest BCUT2D eigenvalue weighted by Gasteiger charge is 2.45. The largest absolute Gasteiger partial charge is 0.419 e. The first-order valence-electron chi connectivity index (χ1n) is 9.79. The van der Waals surface area contributed by atoms with Crippen LogP contribution in [0, 0.1) is 11.7 Å². The summed E-state index contributed by atoms with van der Waals surface area (Å²) >= 11 is 0. The number of imidazole rings is 1. The van der Waals surface area contributed by atoms with Crippen LogP contribution in [0.2, 0.25) is 0 Å². The molecule has 170 valence electrons. The molecule has 4 rings (SSSR count). The van der Waals surface area contributed by atoms with Crippen LogP contribution in [0.15, 0.2) is 35.7 Å². The highest BCUT2D eigenvalue weighted by Crippen LogP contribution is 2.36. The Bertz CT molecular complexity index is 1050. The van der Waals surface area contributed by atoms with Crippen molar-refractivity contribution in [3.05, 3.63) is 42.1 Å². The van der Waals surface area contributed by atoms with E-state index in [4.69, 9.17) is 4.74 Å². The average molecular weight is 462 g/mol. The SMILES string of the molecule is Cn1cnc(S(=O)(=O)N2C[C@H](Nc3ccc(F)c(C(F)(F)F)c3)[C@@H](C3CCCO3)C2)c1. The molecule has 0 aliphatic carbocycles. The van der Waals surface area contributed by atoms with Crippen LogP contribution < -0.4 is 5.32 Å². The molecule has 2 saturated heterocycles. The molecule has 3 atom stereocenters. The third kappa shape index (κ3) is 4.41. The molecule has 12 heteroatoms. The molecular formula is C19H22F4N4O3S. The first-order chi connectivity index (χ1) is 14.6. The van der Waals surface area contributed by atoms with Crippen LogP contribution in [0.5, 0.6) is 0 Å². The van der Waals surface area contributed by atoms with E-state index in [9.17, 15) is 26.0 Å². The molecule has 0 saturated carbocycles. The summed E-state index contributed by atoms with van der Waals surface area (Å²) < 4.78 is 87.5. The Morgan fingerprint density at radius 3 is 2.65 bits per heavy atom. The molecule has 0 amide bonds. The third-order valence-electron chi connectivity index (χ3n) is 5.68. The summed E-state index contributed by atoms with van der Waals surface area (Å²) in [7, 11) is -2.22. The van der Waals surface area contributed by atoms with E-state index in [2.05, 4.69) is 10.3 Å². The van der Waals surface area contributed by atoms with Crippen LogP contribution in [-0.4, -0.2) is 54.1 Å². The Balaban J connectivity index is 1.61. The Hall–Kier alpha value is -2.18. The molecule has 31 heavy (non-hydrogen) atoms. The molecule has 2 aliphatic heterocycles. The van der Waals surface area contributed by atoms with Crippen molar-refractivity contribution in [3.63, 3.8) is 0 Å². The average Bonchev–Trinajstić information content (AvgIpc) is 3.42. The lowest BCUT2D eigenvalue weighted by molar-refractivity contribution is -0.139. The molecule has 1 aromatic heterocycles. The Morgan fingerprint density at radius 1 is 1.26 bits per heavy atom. The number of anilines is 1. The number of aryl methyl sites for hydroxylation is 1. The summed E-state index contributed by atoms with van der Waals surface area (Å²) in [6, 6.07) is 2.17. The van der Waals surface area contributed by atoms with Gasteiger partial charge in [-0.1, -0.05) is 0 Å². The van der Waals surface area contributed by atoms with Gasteiger partial charge in [-0.15, -0.1) is 0 Å². The maximum absolute atomic E-state index is 13.6. The first-order valence-corrected chi connectivity index (χ1v) is 11.2. The molecule has 0 radical (unpaired) electrons. The third-order valence-corrected chi connectivity index (χ3v) is 7.40. The fourth-order valence-corrected chi connectivity index (χ4v) is 5.63. The summed E-state index contributed by atoms with van der Waals surface area (Å²) in [6.45, 7) is 0.729. The molecule has 3 heterocycles. The summed E-state index contributed by atoms with van der Waals surface area (Å²) in [5.41, 5.74) is -1.30. The number of nitrogens with zero attached hydrogens (tertiary/aromatic N) is 3. The van der Waals surface area contributed by atoms with Gasteiger partial charge in [0.05, 0.1) is 18.0 Å². The Labute approximate surface area is 177 Å². The van der Waals surface area contributed by atoms with Gasteiger partial charge in [-0.05, 0) is 31.0 Å². The van der Waals surface area contributed by atoms with E-state index >= 15 is 0 Å². The molecule has 0 spiro atoms. The summed E-state index contributed by atoms with van der Waals surface area (Å²) in [4.78, 5) is 3.93. The van der Waals surface area contributed by atoms with E-state index in [0.29, 0.717) is 12.7 Å². The molecule has 2 fully saturated rings. The summed E-state index contributed by atoms with van der Waals surface area (Å²) in [6.07, 6.45) is -0.711. The van der Waals surface area contributed by atoms with Crippen molar-refractivity contribution in [2.75, 3.05) is 25.0 Å². The lowest BCUT2D eigenvalue weighted by Gasteiger charge is -2.25. The van der Waals surface area contributed by atoms with Gasteiger partial charge >= 0.3 is 6.18 Å². The molecule has 0 bridgehead atoms. The van der Waals surface area contributed by atoms with E-state index in [1.165, 1.54) is 27.5 Å². The minimum Gasteiger partial charge on any atom is -0.381 e.